The maximum absolute atomic E-state index is 3.68. The Morgan fingerprint density at radius 1 is 1.18 bits per heavy atom. The third kappa shape index (κ3) is 3.10. The molecule has 17 heavy (non-hydrogen) atoms. The molecule has 1 atom stereocenters. The summed E-state index contributed by atoms with van der Waals surface area (Å²) in [6, 6.07) is 7.67. The molecule has 94 valence electrons. The van der Waals surface area contributed by atoms with Gasteiger partial charge in [-0.3, -0.25) is 0 Å². The molecular weight excluding hydrogens is 206 g/mol. The lowest BCUT2D eigenvalue weighted by atomic mass is 10.0. The van der Waals surface area contributed by atoms with Crippen molar-refractivity contribution in [2.45, 2.75) is 59.0 Å². The van der Waals surface area contributed by atoms with Crippen molar-refractivity contribution < 1.29 is 0 Å². The van der Waals surface area contributed by atoms with Crippen LogP contribution in [0.3, 0.4) is 0 Å². The van der Waals surface area contributed by atoms with Gasteiger partial charge in [0.05, 0.1) is 0 Å². The van der Waals surface area contributed by atoms with E-state index in [-0.39, 0.29) is 0 Å². The summed E-state index contributed by atoms with van der Waals surface area (Å²) >= 11 is 0. The predicted molar refractivity (Wildman–Crippen MR) is 74.2 cm³/mol. The van der Waals surface area contributed by atoms with E-state index in [4.69, 9.17) is 0 Å². The Bertz CT molecular complexity index is 368. The van der Waals surface area contributed by atoms with E-state index in [9.17, 15) is 0 Å². The van der Waals surface area contributed by atoms with E-state index < -0.39 is 0 Å². The summed E-state index contributed by atoms with van der Waals surface area (Å²) in [6.45, 7) is 7.87. The van der Waals surface area contributed by atoms with Crippen LogP contribution in [0, 0.1) is 5.92 Å². The first-order valence-corrected chi connectivity index (χ1v) is 7.04. The highest BCUT2D eigenvalue weighted by Gasteiger charge is 2.12. The Morgan fingerprint density at radius 3 is 2.65 bits per heavy atom. The highest BCUT2D eigenvalue weighted by molar-refractivity contribution is 5.35. The van der Waals surface area contributed by atoms with E-state index in [0.717, 1.165) is 12.5 Å². The number of hydrogen-bond acceptors (Lipinski definition) is 1. The highest BCUT2D eigenvalue weighted by atomic mass is 14.9. The fourth-order valence-electron chi connectivity index (χ4n) is 2.84. The van der Waals surface area contributed by atoms with E-state index in [2.05, 4.69) is 44.3 Å². The Kier molecular flexibility index (Phi) is 4.22. The molecule has 0 amide bonds. The molecule has 0 saturated heterocycles. The number of nitrogens with one attached hydrogen (secondary N) is 1. The zero-order valence-corrected chi connectivity index (χ0v) is 11.4. The largest absolute Gasteiger partial charge is 0.310 e. The summed E-state index contributed by atoms with van der Waals surface area (Å²) in [4.78, 5) is 0. The van der Waals surface area contributed by atoms with E-state index >= 15 is 0 Å². The third-order valence-electron chi connectivity index (χ3n) is 3.98. The van der Waals surface area contributed by atoms with Crippen molar-refractivity contribution in [2.75, 3.05) is 0 Å². The van der Waals surface area contributed by atoms with Crippen molar-refractivity contribution in [1.82, 2.24) is 5.32 Å². The number of fused-ring (bicyclic) bond motifs is 1. The minimum Gasteiger partial charge on any atom is -0.310 e. The van der Waals surface area contributed by atoms with E-state index in [0.29, 0.717) is 6.04 Å². The third-order valence-corrected chi connectivity index (χ3v) is 3.98. The second-order valence-electron chi connectivity index (χ2n) is 5.60. The standard InChI is InChI=1S/C16H25N/c1-4-16(12(2)3)17-11-13-8-9-14-6-5-7-15(14)10-13/h8-10,12,16-17H,4-7,11H2,1-3H3. The van der Waals surface area contributed by atoms with Crippen molar-refractivity contribution in [3.8, 4) is 0 Å². The monoisotopic (exact) mass is 231 g/mol. The molecule has 0 radical (unpaired) electrons. The molecule has 1 unspecified atom stereocenters. The molecule has 0 saturated carbocycles. The first-order chi connectivity index (χ1) is 8.20. The van der Waals surface area contributed by atoms with Crippen LogP contribution in [0.25, 0.3) is 0 Å². The Balaban J connectivity index is 1.95. The lowest BCUT2D eigenvalue weighted by Gasteiger charge is -2.21. The van der Waals surface area contributed by atoms with Crippen LogP contribution in [-0.4, -0.2) is 6.04 Å². The maximum atomic E-state index is 3.68. The number of rotatable bonds is 5. The molecule has 0 aromatic heterocycles. The van der Waals surface area contributed by atoms with E-state index in [1.54, 1.807) is 11.1 Å². The average Bonchev–Trinajstić information content (AvgIpc) is 2.76. The molecule has 0 heterocycles. The summed E-state index contributed by atoms with van der Waals surface area (Å²) in [5.41, 5.74) is 4.61. The van der Waals surface area contributed by atoms with E-state index in [1.165, 1.54) is 31.2 Å². The smallest absolute Gasteiger partial charge is 0.0208 e. The van der Waals surface area contributed by atoms with Gasteiger partial charge in [0.2, 0.25) is 0 Å². The quantitative estimate of drug-likeness (QED) is 0.815. The summed E-state index contributed by atoms with van der Waals surface area (Å²) < 4.78 is 0. The highest BCUT2D eigenvalue weighted by Crippen LogP contribution is 2.22. The Labute approximate surface area is 106 Å². The minimum atomic E-state index is 0.642. The van der Waals surface area contributed by atoms with E-state index in [1.807, 2.05) is 0 Å². The molecule has 2 rings (SSSR count). The molecule has 1 N–H and O–H groups in total. The van der Waals surface area contributed by atoms with Crippen molar-refractivity contribution >= 4 is 0 Å². The molecule has 1 aromatic rings. The fourth-order valence-corrected chi connectivity index (χ4v) is 2.84. The zero-order chi connectivity index (χ0) is 12.3. The van der Waals surface area contributed by atoms with Gasteiger partial charge < -0.3 is 5.32 Å². The molecule has 1 aliphatic carbocycles. The van der Waals surface area contributed by atoms with Crippen LogP contribution in [0.2, 0.25) is 0 Å². The van der Waals surface area contributed by atoms with Gasteiger partial charge in [-0.1, -0.05) is 39.0 Å². The van der Waals surface area contributed by atoms with Crippen LogP contribution in [0.15, 0.2) is 18.2 Å². The van der Waals surface area contributed by atoms with Crippen molar-refractivity contribution in [3.05, 3.63) is 34.9 Å². The molecule has 0 fully saturated rings. The summed E-state index contributed by atoms with van der Waals surface area (Å²) in [6.07, 6.45) is 5.12. The first kappa shape index (κ1) is 12.6. The Hall–Kier alpha value is -0.820. The SMILES string of the molecule is CCC(NCc1ccc2c(c1)CCC2)C(C)C. The van der Waals surface area contributed by atoms with Crippen LogP contribution >= 0.6 is 0 Å². The molecule has 1 aromatic carbocycles. The molecule has 1 heteroatoms. The fraction of sp³-hybridized carbons (Fsp3) is 0.625. The van der Waals surface area contributed by atoms with Gasteiger partial charge in [0, 0.05) is 12.6 Å². The van der Waals surface area contributed by atoms with Crippen molar-refractivity contribution in [3.63, 3.8) is 0 Å². The molecular formula is C16H25N. The van der Waals surface area contributed by atoms with Gasteiger partial charge in [-0.05, 0) is 48.3 Å². The number of aryl methyl sites for hydroxylation is 2. The van der Waals surface area contributed by atoms with Gasteiger partial charge in [-0.25, -0.2) is 0 Å². The van der Waals surface area contributed by atoms with Gasteiger partial charge in [0.15, 0.2) is 0 Å². The average molecular weight is 231 g/mol. The molecule has 1 nitrogen and oxygen atoms in total. The summed E-state index contributed by atoms with van der Waals surface area (Å²) in [5, 5.41) is 3.68. The van der Waals surface area contributed by atoms with Crippen molar-refractivity contribution in [1.29, 1.82) is 0 Å². The summed E-state index contributed by atoms with van der Waals surface area (Å²) in [7, 11) is 0. The van der Waals surface area contributed by atoms with Gasteiger partial charge in [0.1, 0.15) is 0 Å². The van der Waals surface area contributed by atoms with Crippen LogP contribution in [-0.2, 0) is 19.4 Å². The minimum absolute atomic E-state index is 0.642. The second-order valence-corrected chi connectivity index (χ2v) is 5.60. The van der Waals surface area contributed by atoms with Crippen LogP contribution in [0.5, 0.6) is 0 Å². The van der Waals surface area contributed by atoms with Gasteiger partial charge in [-0.2, -0.15) is 0 Å². The lowest BCUT2D eigenvalue weighted by Crippen LogP contribution is -2.32. The zero-order valence-electron chi connectivity index (χ0n) is 11.4. The topological polar surface area (TPSA) is 12.0 Å². The first-order valence-electron chi connectivity index (χ1n) is 7.04. The van der Waals surface area contributed by atoms with Gasteiger partial charge >= 0.3 is 0 Å². The Morgan fingerprint density at radius 2 is 1.94 bits per heavy atom. The molecule has 0 spiro atoms. The number of benzene rings is 1. The van der Waals surface area contributed by atoms with Gasteiger partial charge in [-0.15, -0.1) is 0 Å². The van der Waals surface area contributed by atoms with Crippen molar-refractivity contribution in [2.24, 2.45) is 5.92 Å². The van der Waals surface area contributed by atoms with Crippen LogP contribution in [0.4, 0.5) is 0 Å². The maximum Gasteiger partial charge on any atom is 0.0208 e. The van der Waals surface area contributed by atoms with Gasteiger partial charge in [0.25, 0.3) is 0 Å². The number of hydrogen-bond donors (Lipinski definition) is 1. The summed E-state index contributed by atoms with van der Waals surface area (Å²) in [5.74, 6) is 0.717. The molecule has 0 aliphatic heterocycles. The molecule has 1 aliphatic rings. The normalized spacial score (nSPS) is 16.2. The lowest BCUT2D eigenvalue weighted by molar-refractivity contribution is 0.387. The van der Waals surface area contributed by atoms with Crippen LogP contribution < -0.4 is 5.32 Å². The van der Waals surface area contributed by atoms with Crippen LogP contribution in [0.1, 0.15) is 50.3 Å². The second kappa shape index (κ2) is 5.68. The predicted octanol–water partition coefficient (Wildman–Crippen LogP) is 3.70. The molecule has 0 bridgehead atoms.